The van der Waals surface area contributed by atoms with E-state index in [1.54, 1.807) is 0 Å². The zero-order chi connectivity index (χ0) is 13.3. The SMILES string of the molecule is CC1CC(N)CCN1Cc1nnc(C(C)(C)C)o1. The van der Waals surface area contributed by atoms with Gasteiger partial charge >= 0.3 is 0 Å². The van der Waals surface area contributed by atoms with E-state index in [-0.39, 0.29) is 5.41 Å². The molecular weight excluding hydrogens is 228 g/mol. The van der Waals surface area contributed by atoms with Crippen molar-refractivity contribution in [2.45, 2.75) is 64.6 Å². The van der Waals surface area contributed by atoms with E-state index in [0.29, 0.717) is 23.9 Å². The average molecular weight is 252 g/mol. The molecule has 1 aromatic rings. The van der Waals surface area contributed by atoms with Gasteiger partial charge in [-0.25, -0.2) is 0 Å². The number of likely N-dealkylation sites (tertiary alicyclic amines) is 1. The maximum Gasteiger partial charge on any atom is 0.230 e. The van der Waals surface area contributed by atoms with Crippen molar-refractivity contribution in [3.63, 3.8) is 0 Å². The van der Waals surface area contributed by atoms with Crippen LogP contribution in [-0.2, 0) is 12.0 Å². The summed E-state index contributed by atoms with van der Waals surface area (Å²) in [6, 6.07) is 0.822. The summed E-state index contributed by atoms with van der Waals surface area (Å²) in [6.07, 6.45) is 2.09. The highest BCUT2D eigenvalue weighted by Crippen LogP contribution is 2.22. The lowest BCUT2D eigenvalue weighted by molar-refractivity contribution is 0.126. The van der Waals surface area contributed by atoms with E-state index >= 15 is 0 Å². The average Bonchev–Trinajstić information content (AvgIpc) is 2.70. The molecule has 2 unspecified atom stereocenters. The first-order valence-corrected chi connectivity index (χ1v) is 6.69. The molecule has 5 nitrogen and oxygen atoms in total. The number of hydrogen-bond acceptors (Lipinski definition) is 5. The molecule has 2 atom stereocenters. The standard InChI is InChI=1S/C13H24N4O/c1-9-7-10(14)5-6-17(9)8-11-15-16-12(18-11)13(2,3)4/h9-10H,5-8,14H2,1-4H3. The Morgan fingerprint density at radius 1 is 1.39 bits per heavy atom. The Morgan fingerprint density at radius 3 is 2.67 bits per heavy atom. The van der Waals surface area contributed by atoms with Gasteiger partial charge in [-0.05, 0) is 19.8 Å². The first-order chi connectivity index (χ1) is 8.36. The van der Waals surface area contributed by atoms with E-state index in [1.807, 2.05) is 0 Å². The largest absolute Gasteiger partial charge is 0.423 e. The summed E-state index contributed by atoms with van der Waals surface area (Å²) >= 11 is 0. The molecule has 1 aliphatic heterocycles. The fourth-order valence-corrected chi connectivity index (χ4v) is 2.29. The highest BCUT2D eigenvalue weighted by molar-refractivity contribution is 4.96. The summed E-state index contributed by atoms with van der Waals surface area (Å²) in [5.74, 6) is 1.42. The molecule has 0 bridgehead atoms. The van der Waals surface area contributed by atoms with E-state index in [4.69, 9.17) is 10.2 Å². The smallest absolute Gasteiger partial charge is 0.230 e. The predicted molar refractivity (Wildman–Crippen MR) is 70.1 cm³/mol. The minimum atomic E-state index is -0.0822. The molecule has 18 heavy (non-hydrogen) atoms. The summed E-state index contributed by atoms with van der Waals surface area (Å²) < 4.78 is 5.73. The Balaban J connectivity index is 1.99. The van der Waals surface area contributed by atoms with Gasteiger partial charge in [0, 0.05) is 24.0 Å². The lowest BCUT2D eigenvalue weighted by atomic mass is 9.97. The summed E-state index contributed by atoms with van der Waals surface area (Å²) in [5, 5.41) is 8.27. The fraction of sp³-hybridized carbons (Fsp3) is 0.846. The van der Waals surface area contributed by atoms with Crippen molar-refractivity contribution >= 4 is 0 Å². The van der Waals surface area contributed by atoms with E-state index in [0.717, 1.165) is 25.9 Å². The maximum atomic E-state index is 5.96. The van der Waals surface area contributed by atoms with E-state index in [1.165, 1.54) is 0 Å². The van der Waals surface area contributed by atoms with Gasteiger partial charge in [0.15, 0.2) is 0 Å². The van der Waals surface area contributed by atoms with Gasteiger partial charge in [0.05, 0.1) is 6.54 Å². The van der Waals surface area contributed by atoms with Crippen molar-refractivity contribution in [3.05, 3.63) is 11.8 Å². The first-order valence-electron chi connectivity index (χ1n) is 6.69. The highest BCUT2D eigenvalue weighted by Gasteiger charge is 2.26. The summed E-state index contributed by atoms with van der Waals surface area (Å²) in [6.45, 7) is 10.2. The number of nitrogens with zero attached hydrogens (tertiary/aromatic N) is 3. The van der Waals surface area contributed by atoms with Crippen molar-refractivity contribution in [2.24, 2.45) is 5.73 Å². The monoisotopic (exact) mass is 252 g/mol. The molecule has 0 aliphatic carbocycles. The molecule has 5 heteroatoms. The third-order valence-corrected chi connectivity index (χ3v) is 3.50. The predicted octanol–water partition coefficient (Wildman–Crippen LogP) is 1.68. The van der Waals surface area contributed by atoms with Gasteiger partial charge in [-0.1, -0.05) is 20.8 Å². The van der Waals surface area contributed by atoms with Crippen molar-refractivity contribution in [3.8, 4) is 0 Å². The number of nitrogens with two attached hydrogens (primary N) is 1. The molecule has 0 aromatic carbocycles. The molecule has 102 valence electrons. The Bertz CT molecular complexity index is 396. The van der Waals surface area contributed by atoms with Gasteiger partial charge in [0.25, 0.3) is 0 Å². The topological polar surface area (TPSA) is 68.2 Å². The van der Waals surface area contributed by atoms with Gasteiger partial charge in [0.2, 0.25) is 11.8 Å². The van der Waals surface area contributed by atoms with Gasteiger partial charge < -0.3 is 10.2 Å². The molecule has 1 saturated heterocycles. The zero-order valence-corrected chi connectivity index (χ0v) is 11.8. The van der Waals surface area contributed by atoms with Crippen LogP contribution in [0.2, 0.25) is 0 Å². The highest BCUT2D eigenvalue weighted by atomic mass is 16.4. The number of rotatable bonds is 2. The number of piperidine rings is 1. The van der Waals surface area contributed by atoms with Crippen molar-refractivity contribution < 1.29 is 4.42 Å². The van der Waals surface area contributed by atoms with Crippen molar-refractivity contribution in [1.29, 1.82) is 0 Å². The van der Waals surface area contributed by atoms with Crippen LogP contribution in [0.25, 0.3) is 0 Å². The second-order valence-corrected chi connectivity index (χ2v) is 6.35. The third kappa shape index (κ3) is 3.09. The van der Waals surface area contributed by atoms with Crippen molar-refractivity contribution in [1.82, 2.24) is 15.1 Å². The molecule has 2 N–H and O–H groups in total. The molecule has 0 saturated carbocycles. The Kier molecular flexibility index (Phi) is 3.73. The van der Waals surface area contributed by atoms with Gasteiger partial charge in [-0.15, -0.1) is 10.2 Å². The minimum Gasteiger partial charge on any atom is -0.423 e. The van der Waals surface area contributed by atoms with Crippen LogP contribution in [0.15, 0.2) is 4.42 Å². The lowest BCUT2D eigenvalue weighted by Gasteiger charge is -2.35. The van der Waals surface area contributed by atoms with Gasteiger partial charge in [0.1, 0.15) is 0 Å². The molecule has 1 aliphatic rings. The van der Waals surface area contributed by atoms with Crippen LogP contribution in [0.4, 0.5) is 0 Å². The van der Waals surface area contributed by atoms with Crippen LogP contribution >= 0.6 is 0 Å². The fourth-order valence-electron chi connectivity index (χ4n) is 2.29. The second-order valence-electron chi connectivity index (χ2n) is 6.35. The molecule has 0 amide bonds. The zero-order valence-electron chi connectivity index (χ0n) is 11.8. The molecule has 0 radical (unpaired) electrons. The quantitative estimate of drug-likeness (QED) is 0.867. The molecule has 2 heterocycles. The molecule has 2 rings (SSSR count). The maximum absolute atomic E-state index is 5.96. The van der Waals surface area contributed by atoms with Gasteiger partial charge in [-0.2, -0.15) is 0 Å². The van der Waals surface area contributed by atoms with Crippen molar-refractivity contribution in [2.75, 3.05) is 6.54 Å². The lowest BCUT2D eigenvalue weighted by Crippen LogP contribution is -2.45. The first kappa shape index (κ1) is 13.5. The Morgan fingerprint density at radius 2 is 2.11 bits per heavy atom. The summed E-state index contributed by atoms with van der Waals surface area (Å²) in [7, 11) is 0. The van der Waals surface area contributed by atoms with Crippen LogP contribution in [-0.4, -0.2) is 33.7 Å². The van der Waals surface area contributed by atoms with Crippen LogP contribution in [0.5, 0.6) is 0 Å². The van der Waals surface area contributed by atoms with Crippen LogP contribution in [0, 0.1) is 0 Å². The minimum absolute atomic E-state index is 0.0822. The third-order valence-electron chi connectivity index (χ3n) is 3.50. The van der Waals surface area contributed by atoms with Crippen LogP contribution in [0.3, 0.4) is 0 Å². The number of aromatic nitrogens is 2. The molecule has 0 spiro atoms. The summed E-state index contributed by atoms with van der Waals surface area (Å²) in [4.78, 5) is 2.36. The molecule has 1 fully saturated rings. The summed E-state index contributed by atoms with van der Waals surface area (Å²) in [5.41, 5.74) is 5.88. The molecule has 1 aromatic heterocycles. The van der Waals surface area contributed by atoms with E-state index < -0.39 is 0 Å². The van der Waals surface area contributed by atoms with E-state index in [2.05, 4.69) is 42.8 Å². The normalized spacial score (nSPS) is 26.5. The molecular formula is C13H24N4O. The Hall–Kier alpha value is -0.940. The van der Waals surface area contributed by atoms with Crippen LogP contribution in [0.1, 0.15) is 52.3 Å². The Labute approximate surface area is 109 Å². The van der Waals surface area contributed by atoms with Crippen LogP contribution < -0.4 is 5.73 Å². The van der Waals surface area contributed by atoms with Gasteiger partial charge in [-0.3, -0.25) is 4.90 Å². The number of hydrogen-bond donors (Lipinski definition) is 1. The second kappa shape index (κ2) is 4.97. The van der Waals surface area contributed by atoms with E-state index in [9.17, 15) is 0 Å².